The molecule has 3 aromatic carbocycles. The van der Waals surface area contributed by atoms with Gasteiger partial charge in [-0.3, -0.25) is 0 Å². The first kappa shape index (κ1) is 18.9. The number of hydrogen-bond donors (Lipinski definition) is 0. The van der Waals surface area contributed by atoms with Crippen LogP contribution in [-0.4, -0.2) is 0 Å². The molecule has 0 bridgehead atoms. The Morgan fingerprint density at radius 1 is 0.839 bits per heavy atom. The van der Waals surface area contributed by atoms with Crippen molar-refractivity contribution < 1.29 is 18.0 Å². The van der Waals surface area contributed by atoms with Gasteiger partial charge >= 0.3 is 5.63 Å². The fourth-order valence-corrected chi connectivity index (χ4v) is 3.56. The molecule has 0 atom stereocenters. The zero-order valence-electron chi connectivity index (χ0n) is 16.4. The third kappa shape index (κ3) is 3.98. The Bertz CT molecular complexity index is 1400. The van der Waals surface area contributed by atoms with Crippen molar-refractivity contribution in [2.45, 2.75) is 6.61 Å². The molecule has 5 rings (SSSR count). The molecule has 0 aliphatic rings. The van der Waals surface area contributed by atoms with Gasteiger partial charge in [-0.05, 0) is 41.0 Å². The number of furan rings is 1. The predicted octanol–water partition coefficient (Wildman–Crippen LogP) is 6.44. The molecular formula is C26H17FO4. The van der Waals surface area contributed by atoms with Crippen LogP contribution in [0.1, 0.15) is 5.56 Å². The van der Waals surface area contributed by atoms with E-state index >= 15 is 0 Å². The van der Waals surface area contributed by atoms with Crippen LogP contribution in [0.5, 0.6) is 5.75 Å². The van der Waals surface area contributed by atoms with Crippen LogP contribution >= 0.6 is 0 Å². The van der Waals surface area contributed by atoms with Crippen LogP contribution in [0.2, 0.25) is 0 Å². The predicted molar refractivity (Wildman–Crippen MR) is 116 cm³/mol. The molecule has 2 aromatic heterocycles. The van der Waals surface area contributed by atoms with Crippen molar-refractivity contribution in [3.8, 4) is 28.0 Å². The van der Waals surface area contributed by atoms with E-state index in [0.717, 1.165) is 33.2 Å². The summed E-state index contributed by atoms with van der Waals surface area (Å²) in [5.41, 5.74) is 4.00. The Morgan fingerprint density at radius 3 is 2.52 bits per heavy atom. The van der Waals surface area contributed by atoms with Crippen LogP contribution in [-0.2, 0) is 6.61 Å². The molecule has 5 heteroatoms. The highest BCUT2D eigenvalue weighted by Gasteiger charge is 2.10. The topological polar surface area (TPSA) is 52.6 Å². The lowest BCUT2D eigenvalue weighted by molar-refractivity contribution is 0.304. The van der Waals surface area contributed by atoms with Crippen molar-refractivity contribution in [1.82, 2.24) is 0 Å². The van der Waals surface area contributed by atoms with Gasteiger partial charge in [-0.15, -0.1) is 0 Å². The van der Waals surface area contributed by atoms with E-state index in [2.05, 4.69) is 0 Å². The normalized spacial score (nSPS) is 11.0. The summed E-state index contributed by atoms with van der Waals surface area (Å²) in [6, 6.07) is 23.0. The van der Waals surface area contributed by atoms with Crippen molar-refractivity contribution in [2.24, 2.45) is 0 Å². The van der Waals surface area contributed by atoms with Crippen molar-refractivity contribution in [3.63, 3.8) is 0 Å². The van der Waals surface area contributed by atoms with E-state index in [-0.39, 0.29) is 12.4 Å². The van der Waals surface area contributed by atoms with Gasteiger partial charge in [0.2, 0.25) is 0 Å². The van der Waals surface area contributed by atoms with E-state index in [9.17, 15) is 9.18 Å². The maximum absolute atomic E-state index is 14.1. The summed E-state index contributed by atoms with van der Waals surface area (Å²) in [5, 5.41) is 0.793. The molecule has 31 heavy (non-hydrogen) atoms. The van der Waals surface area contributed by atoms with Crippen LogP contribution in [0.4, 0.5) is 4.39 Å². The van der Waals surface area contributed by atoms with Crippen molar-refractivity contribution >= 4 is 11.0 Å². The van der Waals surface area contributed by atoms with Crippen molar-refractivity contribution in [3.05, 3.63) is 113 Å². The average molecular weight is 412 g/mol. The van der Waals surface area contributed by atoms with Gasteiger partial charge in [0.15, 0.2) is 0 Å². The third-order valence-corrected chi connectivity index (χ3v) is 5.03. The first-order chi connectivity index (χ1) is 15.2. The molecule has 0 spiro atoms. The summed E-state index contributed by atoms with van der Waals surface area (Å²) in [4.78, 5) is 12.0. The maximum Gasteiger partial charge on any atom is 0.336 e. The zero-order valence-corrected chi connectivity index (χ0v) is 16.4. The van der Waals surface area contributed by atoms with Crippen LogP contribution in [0.15, 0.2) is 105 Å². The van der Waals surface area contributed by atoms with Crippen LogP contribution in [0.3, 0.4) is 0 Å². The SMILES string of the molecule is O=c1cc(-c2ccoc2)c2ccc(COc3cc(F)cc(-c4ccccc4)c3)cc2o1. The molecule has 0 fully saturated rings. The molecular weight excluding hydrogens is 395 g/mol. The number of fused-ring (bicyclic) bond motifs is 1. The molecule has 0 aliphatic carbocycles. The van der Waals surface area contributed by atoms with Crippen molar-refractivity contribution in [1.29, 1.82) is 0 Å². The first-order valence-corrected chi connectivity index (χ1v) is 9.74. The molecule has 0 saturated carbocycles. The Morgan fingerprint density at radius 2 is 1.71 bits per heavy atom. The Labute approximate surface area is 177 Å². The highest BCUT2D eigenvalue weighted by atomic mass is 19.1. The summed E-state index contributed by atoms with van der Waals surface area (Å²) in [6.45, 7) is 0.202. The third-order valence-electron chi connectivity index (χ3n) is 5.03. The molecule has 0 N–H and O–H groups in total. The molecule has 0 aliphatic heterocycles. The van der Waals surface area contributed by atoms with E-state index in [0.29, 0.717) is 11.3 Å². The lowest BCUT2D eigenvalue weighted by Gasteiger charge is -2.10. The van der Waals surface area contributed by atoms with Gasteiger partial charge in [0.1, 0.15) is 23.8 Å². The molecule has 2 heterocycles. The Balaban J connectivity index is 1.43. The molecule has 0 saturated heterocycles. The Kier molecular flexibility index (Phi) is 4.84. The van der Waals surface area contributed by atoms with E-state index in [1.54, 1.807) is 30.7 Å². The highest BCUT2D eigenvalue weighted by Crippen LogP contribution is 2.29. The fraction of sp³-hybridized carbons (Fsp3) is 0.0385. The van der Waals surface area contributed by atoms with Gasteiger partial charge in [0, 0.05) is 28.6 Å². The highest BCUT2D eigenvalue weighted by molar-refractivity contribution is 5.93. The molecule has 5 aromatic rings. The van der Waals surface area contributed by atoms with Gasteiger partial charge in [-0.25, -0.2) is 9.18 Å². The minimum absolute atomic E-state index is 0.202. The van der Waals surface area contributed by atoms with E-state index < -0.39 is 5.63 Å². The summed E-state index contributed by atoms with van der Waals surface area (Å²) < 4.78 is 30.5. The summed E-state index contributed by atoms with van der Waals surface area (Å²) in [7, 11) is 0. The van der Waals surface area contributed by atoms with Crippen LogP contribution < -0.4 is 10.4 Å². The van der Waals surface area contributed by atoms with E-state index in [4.69, 9.17) is 13.6 Å². The van der Waals surface area contributed by atoms with E-state index in [1.807, 2.05) is 42.5 Å². The number of halogens is 1. The van der Waals surface area contributed by atoms with Crippen LogP contribution in [0, 0.1) is 5.82 Å². The minimum atomic E-state index is -0.445. The average Bonchev–Trinajstić information content (AvgIpc) is 3.32. The summed E-state index contributed by atoms with van der Waals surface area (Å²) >= 11 is 0. The van der Waals surface area contributed by atoms with Crippen LogP contribution in [0.25, 0.3) is 33.2 Å². The fourth-order valence-electron chi connectivity index (χ4n) is 3.56. The van der Waals surface area contributed by atoms with Gasteiger partial charge in [-0.1, -0.05) is 42.5 Å². The maximum atomic E-state index is 14.1. The largest absolute Gasteiger partial charge is 0.489 e. The van der Waals surface area contributed by atoms with Gasteiger partial charge < -0.3 is 13.6 Å². The summed E-state index contributed by atoms with van der Waals surface area (Å²) in [5.74, 6) is 0.0539. The number of hydrogen-bond acceptors (Lipinski definition) is 4. The van der Waals surface area contributed by atoms with Gasteiger partial charge in [0.05, 0.1) is 12.5 Å². The smallest absolute Gasteiger partial charge is 0.336 e. The number of benzene rings is 3. The molecule has 4 nitrogen and oxygen atoms in total. The monoisotopic (exact) mass is 412 g/mol. The molecule has 0 amide bonds. The zero-order chi connectivity index (χ0) is 21.2. The molecule has 0 unspecified atom stereocenters. The lowest BCUT2D eigenvalue weighted by atomic mass is 10.0. The van der Waals surface area contributed by atoms with Gasteiger partial charge in [0.25, 0.3) is 0 Å². The molecule has 152 valence electrons. The Hall–Kier alpha value is -4.12. The lowest BCUT2D eigenvalue weighted by Crippen LogP contribution is -2.00. The second-order valence-electron chi connectivity index (χ2n) is 7.15. The van der Waals surface area contributed by atoms with E-state index in [1.165, 1.54) is 18.2 Å². The first-order valence-electron chi connectivity index (χ1n) is 9.74. The van der Waals surface area contributed by atoms with Crippen molar-refractivity contribution in [2.75, 3.05) is 0 Å². The quantitative estimate of drug-likeness (QED) is 0.312. The second kappa shape index (κ2) is 7.95. The minimum Gasteiger partial charge on any atom is -0.489 e. The standard InChI is InChI=1S/C26H17FO4/c27-21-11-20(18-4-2-1-3-5-18)12-22(13-21)30-15-17-6-7-23-24(19-8-9-29-16-19)14-26(28)31-25(23)10-17/h1-14,16H,15H2. The summed E-state index contributed by atoms with van der Waals surface area (Å²) in [6.07, 6.45) is 3.14. The number of ether oxygens (including phenoxy) is 1. The number of rotatable bonds is 5. The second-order valence-corrected chi connectivity index (χ2v) is 7.15. The molecule has 0 radical (unpaired) electrons. The van der Waals surface area contributed by atoms with Gasteiger partial charge in [-0.2, -0.15) is 0 Å².